The molecule has 0 aliphatic rings. The maximum Gasteiger partial charge on any atom is 0.264 e. The SMILES string of the molecule is Cc1nn(Cc2cccc(Cl)c2)c2nc(-c3ccn(C)n3)cc(C(F)F)c12. The Kier molecular flexibility index (Phi) is 4.39. The molecule has 4 rings (SSSR count). The third-order valence-electron chi connectivity index (χ3n) is 4.34. The molecule has 0 bridgehead atoms. The first-order valence-corrected chi connectivity index (χ1v) is 8.71. The second-order valence-electron chi connectivity index (χ2n) is 6.34. The molecule has 0 amide bonds. The third-order valence-corrected chi connectivity index (χ3v) is 4.58. The molecule has 0 unspecified atom stereocenters. The summed E-state index contributed by atoms with van der Waals surface area (Å²) in [5.41, 5.74) is 2.68. The van der Waals surface area contributed by atoms with Gasteiger partial charge in [-0.3, -0.25) is 4.68 Å². The van der Waals surface area contributed by atoms with Gasteiger partial charge < -0.3 is 0 Å². The van der Waals surface area contributed by atoms with E-state index in [9.17, 15) is 8.78 Å². The summed E-state index contributed by atoms with van der Waals surface area (Å²) < 4.78 is 30.8. The Morgan fingerprint density at radius 2 is 1.93 bits per heavy atom. The highest BCUT2D eigenvalue weighted by Crippen LogP contribution is 2.32. The lowest BCUT2D eigenvalue weighted by Gasteiger charge is -2.08. The number of aromatic nitrogens is 5. The molecule has 3 heterocycles. The van der Waals surface area contributed by atoms with Crippen molar-refractivity contribution >= 4 is 22.6 Å². The van der Waals surface area contributed by atoms with E-state index in [0.29, 0.717) is 39.7 Å². The fraction of sp³-hybridized carbons (Fsp3) is 0.211. The zero-order valence-electron chi connectivity index (χ0n) is 14.7. The summed E-state index contributed by atoms with van der Waals surface area (Å²) in [5.74, 6) is 0. The maximum atomic E-state index is 13.8. The second-order valence-corrected chi connectivity index (χ2v) is 6.78. The molecule has 0 saturated heterocycles. The van der Waals surface area contributed by atoms with Crippen LogP contribution in [0, 0.1) is 6.92 Å². The van der Waals surface area contributed by atoms with E-state index in [4.69, 9.17) is 11.6 Å². The zero-order valence-corrected chi connectivity index (χ0v) is 15.5. The Balaban J connectivity index is 1.91. The second kappa shape index (κ2) is 6.74. The molecule has 0 aliphatic heterocycles. The van der Waals surface area contributed by atoms with E-state index in [1.54, 1.807) is 41.7 Å². The number of alkyl halides is 2. The molecule has 8 heteroatoms. The largest absolute Gasteiger partial charge is 0.275 e. The van der Waals surface area contributed by atoms with Gasteiger partial charge in [0.1, 0.15) is 5.69 Å². The van der Waals surface area contributed by atoms with Crippen LogP contribution in [0.2, 0.25) is 5.02 Å². The lowest BCUT2D eigenvalue weighted by molar-refractivity contribution is 0.153. The van der Waals surface area contributed by atoms with Crippen LogP contribution in [0.1, 0.15) is 23.2 Å². The topological polar surface area (TPSA) is 48.5 Å². The van der Waals surface area contributed by atoms with Crippen LogP contribution in [-0.4, -0.2) is 24.5 Å². The highest BCUT2D eigenvalue weighted by atomic mass is 35.5. The Bertz CT molecular complexity index is 1130. The van der Waals surface area contributed by atoms with Crippen molar-refractivity contribution in [1.82, 2.24) is 24.5 Å². The average molecular weight is 388 g/mol. The van der Waals surface area contributed by atoms with E-state index in [1.807, 2.05) is 18.2 Å². The molecule has 0 fully saturated rings. The molecule has 0 N–H and O–H groups in total. The normalized spacial score (nSPS) is 11.6. The first-order chi connectivity index (χ1) is 12.9. The van der Waals surface area contributed by atoms with Gasteiger partial charge in [-0.25, -0.2) is 18.4 Å². The zero-order chi connectivity index (χ0) is 19.1. The minimum atomic E-state index is -2.64. The molecular weight excluding hydrogens is 372 g/mol. The Hall–Kier alpha value is -2.80. The van der Waals surface area contributed by atoms with Crippen molar-refractivity contribution in [2.45, 2.75) is 19.9 Å². The van der Waals surface area contributed by atoms with Gasteiger partial charge >= 0.3 is 0 Å². The van der Waals surface area contributed by atoms with Crippen molar-refractivity contribution in [2.75, 3.05) is 0 Å². The van der Waals surface area contributed by atoms with E-state index in [2.05, 4.69) is 15.2 Å². The monoisotopic (exact) mass is 387 g/mol. The summed E-state index contributed by atoms with van der Waals surface area (Å²) in [7, 11) is 1.77. The predicted octanol–water partition coefficient (Wildman–Crippen LogP) is 4.78. The molecule has 0 spiro atoms. The standard InChI is InChI=1S/C19H16ClF2N5/c1-11-17-14(18(21)22)9-16(15-6-7-26(2)25-15)23-19(17)27(24-11)10-12-4-3-5-13(20)8-12/h3-9,18H,10H2,1-2H3. The smallest absolute Gasteiger partial charge is 0.264 e. The summed E-state index contributed by atoms with van der Waals surface area (Å²) in [6.45, 7) is 2.09. The number of nitrogens with zero attached hydrogens (tertiary/aromatic N) is 5. The van der Waals surface area contributed by atoms with Crippen molar-refractivity contribution in [3.8, 4) is 11.4 Å². The lowest BCUT2D eigenvalue weighted by atomic mass is 10.1. The van der Waals surface area contributed by atoms with Gasteiger partial charge in [-0.05, 0) is 36.8 Å². The van der Waals surface area contributed by atoms with Gasteiger partial charge in [-0.15, -0.1) is 0 Å². The minimum absolute atomic E-state index is 0.0875. The Morgan fingerprint density at radius 3 is 2.59 bits per heavy atom. The van der Waals surface area contributed by atoms with Crippen LogP contribution >= 0.6 is 11.6 Å². The molecule has 27 heavy (non-hydrogen) atoms. The van der Waals surface area contributed by atoms with Crippen LogP contribution in [0.4, 0.5) is 8.78 Å². The molecule has 4 aromatic rings. The van der Waals surface area contributed by atoms with Crippen molar-refractivity contribution < 1.29 is 8.78 Å². The molecular formula is C19H16ClF2N5. The highest BCUT2D eigenvalue weighted by molar-refractivity contribution is 6.30. The quantitative estimate of drug-likeness (QED) is 0.506. The van der Waals surface area contributed by atoms with Crippen LogP contribution in [0.5, 0.6) is 0 Å². The van der Waals surface area contributed by atoms with Gasteiger partial charge in [-0.1, -0.05) is 23.7 Å². The number of hydrogen-bond acceptors (Lipinski definition) is 3. The van der Waals surface area contributed by atoms with Crippen LogP contribution < -0.4 is 0 Å². The molecule has 0 atom stereocenters. The van der Waals surface area contributed by atoms with Crippen molar-refractivity contribution in [3.05, 3.63) is 64.4 Å². The number of rotatable bonds is 4. The van der Waals surface area contributed by atoms with E-state index >= 15 is 0 Å². The number of pyridine rings is 1. The number of hydrogen-bond donors (Lipinski definition) is 0. The molecule has 138 valence electrons. The third kappa shape index (κ3) is 3.30. The fourth-order valence-corrected chi connectivity index (χ4v) is 3.37. The summed E-state index contributed by atoms with van der Waals surface area (Å²) in [4.78, 5) is 4.60. The van der Waals surface area contributed by atoms with E-state index in [1.165, 1.54) is 6.07 Å². The van der Waals surface area contributed by atoms with Crippen molar-refractivity contribution in [1.29, 1.82) is 0 Å². The summed E-state index contributed by atoms with van der Waals surface area (Å²) in [6.07, 6.45) is -0.891. The van der Waals surface area contributed by atoms with Crippen LogP contribution in [-0.2, 0) is 13.6 Å². The first kappa shape index (κ1) is 17.6. The first-order valence-electron chi connectivity index (χ1n) is 8.33. The number of benzene rings is 1. The summed E-state index contributed by atoms with van der Waals surface area (Å²) in [6, 6.07) is 10.5. The number of halogens is 3. The average Bonchev–Trinajstić information content (AvgIpc) is 3.18. The van der Waals surface area contributed by atoms with Crippen molar-refractivity contribution in [3.63, 3.8) is 0 Å². The van der Waals surface area contributed by atoms with E-state index in [0.717, 1.165) is 5.56 Å². The molecule has 0 aliphatic carbocycles. The van der Waals surface area contributed by atoms with Gasteiger partial charge in [0, 0.05) is 23.8 Å². The lowest BCUT2D eigenvalue weighted by Crippen LogP contribution is -2.04. The van der Waals surface area contributed by atoms with Gasteiger partial charge in [0.05, 0.1) is 23.3 Å². The van der Waals surface area contributed by atoms with Gasteiger partial charge in [0.25, 0.3) is 6.43 Å². The van der Waals surface area contributed by atoms with E-state index < -0.39 is 6.43 Å². The minimum Gasteiger partial charge on any atom is -0.275 e. The molecule has 0 saturated carbocycles. The van der Waals surface area contributed by atoms with Gasteiger partial charge in [-0.2, -0.15) is 10.2 Å². The van der Waals surface area contributed by atoms with Gasteiger partial charge in [0.15, 0.2) is 5.65 Å². The van der Waals surface area contributed by atoms with E-state index in [-0.39, 0.29) is 5.56 Å². The summed E-state index contributed by atoms with van der Waals surface area (Å²) >= 11 is 6.05. The number of aryl methyl sites for hydroxylation is 2. The molecule has 5 nitrogen and oxygen atoms in total. The Morgan fingerprint density at radius 1 is 1.11 bits per heavy atom. The van der Waals surface area contributed by atoms with Crippen LogP contribution in [0.3, 0.4) is 0 Å². The maximum absolute atomic E-state index is 13.8. The van der Waals surface area contributed by atoms with Crippen molar-refractivity contribution in [2.24, 2.45) is 7.05 Å². The predicted molar refractivity (Wildman–Crippen MR) is 100.0 cm³/mol. The Labute approximate surface area is 159 Å². The fourth-order valence-electron chi connectivity index (χ4n) is 3.16. The molecule has 3 aromatic heterocycles. The summed E-state index contributed by atoms with van der Waals surface area (Å²) in [5, 5.41) is 9.72. The molecule has 1 aromatic carbocycles. The van der Waals surface area contributed by atoms with Gasteiger partial charge in [0.2, 0.25) is 0 Å². The van der Waals surface area contributed by atoms with Crippen LogP contribution in [0.15, 0.2) is 42.6 Å². The number of fused-ring (bicyclic) bond motifs is 1. The highest BCUT2D eigenvalue weighted by Gasteiger charge is 2.21. The molecule has 0 radical (unpaired) electrons. The van der Waals surface area contributed by atoms with Crippen LogP contribution in [0.25, 0.3) is 22.4 Å².